The molecular weight excluding hydrogens is 381 g/mol. The molecule has 0 saturated heterocycles. The van der Waals surface area contributed by atoms with Crippen molar-refractivity contribution < 1.29 is 7.81 Å². The molecule has 1 aromatic carbocycles. The first-order chi connectivity index (χ1) is 5.97. The van der Waals surface area contributed by atoms with Crippen LogP contribution in [0.15, 0.2) is 30.3 Å². The smallest absolute Gasteiger partial charge is 0 e. The first-order valence-electron chi connectivity index (χ1n) is 3.55. The second-order valence-corrected chi connectivity index (χ2v) is 2.25. The topological polar surface area (TPSA) is 26.3 Å². The Hall–Kier alpha value is 0.177. The van der Waals surface area contributed by atoms with Crippen LogP contribution in [-0.4, -0.2) is 53.5 Å². The molecule has 2 rings (SSSR count). The standard InChI is InChI=1S/C9H8O.O.Sb.Sn/c1-2-6-9-8(4-1)5-3-7-10-9;;;/h1-6H,7H2;;;. The van der Waals surface area contributed by atoms with Crippen LogP contribution < -0.4 is 4.74 Å². The largest absolute Gasteiger partial charge is 0 e. The van der Waals surface area contributed by atoms with Crippen LogP contribution in [-0.2, 0) is 3.08 Å². The van der Waals surface area contributed by atoms with E-state index in [0.717, 1.165) is 5.75 Å². The van der Waals surface area contributed by atoms with Gasteiger partial charge in [-0.05, 0) is 12.1 Å². The fourth-order valence-corrected chi connectivity index (χ4v) is 1.06. The van der Waals surface area contributed by atoms with Crippen LogP contribution in [0.3, 0.4) is 0 Å². The molecule has 0 amide bonds. The molecule has 0 bridgehead atoms. The average molecular weight is 389 g/mol. The van der Waals surface area contributed by atoms with Crippen molar-refractivity contribution in [3.8, 4) is 5.75 Å². The van der Waals surface area contributed by atoms with E-state index in [4.69, 9.17) is 7.81 Å². The minimum atomic E-state index is 0. The van der Waals surface area contributed by atoms with Gasteiger partial charge in [0.25, 0.3) is 0 Å². The molecule has 1 heterocycles. The molecule has 4 heteroatoms. The summed E-state index contributed by atoms with van der Waals surface area (Å²) in [5.41, 5.74) is 1.17. The number of benzene rings is 1. The van der Waals surface area contributed by atoms with Crippen molar-refractivity contribution in [2.24, 2.45) is 0 Å². The first-order valence-corrected chi connectivity index (χ1v) is 4.72. The Morgan fingerprint density at radius 2 is 1.92 bits per heavy atom. The van der Waals surface area contributed by atoms with E-state index in [2.05, 4.69) is 6.08 Å². The second kappa shape index (κ2) is 7.57. The molecule has 1 aromatic rings. The Morgan fingerprint density at radius 1 is 1.23 bits per heavy atom. The number of hydrogen-bond acceptors (Lipinski definition) is 2. The molecule has 0 aromatic heterocycles. The number of rotatable bonds is 0. The second-order valence-electron chi connectivity index (χ2n) is 2.25. The van der Waals surface area contributed by atoms with E-state index < -0.39 is 0 Å². The first kappa shape index (κ1) is 13.2. The van der Waals surface area contributed by atoms with Crippen molar-refractivity contribution in [2.45, 2.75) is 0 Å². The molecule has 0 saturated carbocycles. The molecule has 5 radical (unpaired) electrons. The maximum atomic E-state index is 8.34. The van der Waals surface area contributed by atoms with Gasteiger partial charge in [0.05, 0.1) is 0 Å². The Bertz CT molecular complexity index is 289. The number of fused-ring (bicyclic) bond motifs is 1. The molecule has 65 valence electrons. The van der Waals surface area contributed by atoms with Crippen LogP contribution in [0.1, 0.15) is 5.56 Å². The molecule has 1 aliphatic heterocycles. The minimum absolute atomic E-state index is 0. The van der Waals surface area contributed by atoms with Crippen LogP contribution in [0.2, 0.25) is 0 Å². The third-order valence-corrected chi connectivity index (χ3v) is 1.55. The van der Waals surface area contributed by atoms with Gasteiger partial charge >= 0.3 is 25.6 Å². The van der Waals surface area contributed by atoms with Crippen molar-refractivity contribution >= 4 is 53.0 Å². The Balaban J connectivity index is 0.000000451. The van der Waals surface area contributed by atoms with Crippen molar-refractivity contribution in [1.82, 2.24) is 0 Å². The molecule has 0 unspecified atom stereocenters. The summed E-state index contributed by atoms with van der Waals surface area (Å²) in [6.45, 7) is 0.705. The fourth-order valence-electron chi connectivity index (χ4n) is 1.06. The van der Waals surface area contributed by atoms with Gasteiger partial charge in [-0.2, -0.15) is 0 Å². The van der Waals surface area contributed by atoms with Crippen LogP contribution in [0.4, 0.5) is 0 Å². The summed E-state index contributed by atoms with van der Waals surface area (Å²) in [4.78, 5) is 0. The van der Waals surface area contributed by atoms with Gasteiger partial charge in [-0.25, -0.2) is 0 Å². The van der Waals surface area contributed by atoms with E-state index in [-0.39, 0.29) is 24.4 Å². The van der Waals surface area contributed by atoms with Gasteiger partial charge in [-0.15, -0.1) is 0 Å². The molecule has 0 aliphatic carbocycles. The molecule has 13 heavy (non-hydrogen) atoms. The molecule has 0 spiro atoms. The van der Waals surface area contributed by atoms with Crippen LogP contribution in [0, 0.1) is 0 Å². The predicted octanol–water partition coefficient (Wildman–Crippen LogP) is 1.21. The Labute approximate surface area is 108 Å². The predicted molar refractivity (Wildman–Crippen MR) is 53.2 cm³/mol. The van der Waals surface area contributed by atoms with Gasteiger partial charge in [0.2, 0.25) is 0 Å². The number of hydrogen-bond donors (Lipinski definition) is 0. The third-order valence-electron chi connectivity index (χ3n) is 1.55. The van der Waals surface area contributed by atoms with E-state index in [1.807, 2.05) is 30.3 Å². The maximum Gasteiger partial charge on any atom is 0 e. The van der Waals surface area contributed by atoms with Crippen LogP contribution >= 0.6 is 0 Å². The van der Waals surface area contributed by atoms with E-state index in [9.17, 15) is 0 Å². The summed E-state index contributed by atoms with van der Waals surface area (Å²) in [6.07, 6.45) is 4.10. The van der Waals surface area contributed by atoms with E-state index in [0.29, 0.717) is 29.1 Å². The van der Waals surface area contributed by atoms with E-state index in [1.165, 1.54) is 5.56 Å². The van der Waals surface area contributed by atoms with Crippen molar-refractivity contribution in [3.05, 3.63) is 35.9 Å². The van der Waals surface area contributed by atoms with Gasteiger partial charge in [-0.3, -0.25) is 0 Å². The summed E-state index contributed by atoms with van der Waals surface area (Å²) < 4.78 is 13.7. The van der Waals surface area contributed by atoms with E-state index in [1.54, 1.807) is 0 Å². The van der Waals surface area contributed by atoms with Crippen molar-refractivity contribution in [3.63, 3.8) is 0 Å². The number of para-hydroxylation sites is 1. The summed E-state index contributed by atoms with van der Waals surface area (Å²) in [6, 6.07) is 8.03. The van der Waals surface area contributed by atoms with Gasteiger partial charge in [-0.1, -0.05) is 24.3 Å². The number of ether oxygens (including phenoxy) is 1. The Morgan fingerprint density at radius 3 is 2.62 bits per heavy atom. The molecular formula is C9H8O2SbSn. The fraction of sp³-hybridized carbons (Fsp3) is 0.111. The van der Waals surface area contributed by atoms with E-state index >= 15 is 0 Å². The zero-order chi connectivity index (χ0) is 8.81. The molecule has 0 N–H and O–H groups in total. The third kappa shape index (κ3) is 3.82. The van der Waals surface area contributed by atoms with Gasteiger partial charge in [0.15, 0.2) is 0 Å². The zero-order valence-corrected chi connectivity index (χ0v) is 12.3. The normalized spacial score (nSPS) is 11.1. The minimum Gasteiger partial charge on any atom is 0 e. The quantitative estimate of drug-likeness (QED) is 0.625. The summed E-state index contributed by atoms with van der Waals surface area (Å²) in [5, 5.41) is 0. The SMILES string of the molecule is C1=Cc2ccccc2OC1.[O]=[Sn].[Sb]. The van der Waals surface area contributed by atoms with Crippen molar-refractivity contribution in [1.29, 1.82) is 0 Å². The Kier molecular flexibility index (Phi) is 7.67. The van der Waals surface area contributed by atoms with Gasteiger partial charge in [0.1, 0.15) is 12.4 Å². The average Bonchev–Trinajstić information content (AvgIpc) is 2.21. The zero-order valence-electron chi connectivity index (χ0n) is 6.93. The van der Waals surface area contributed by atoms with Gasteiger partial charge < -0.3 is 4.74 Å². The van der Waals surface area contributed by atoms with Gasteiger partial charge in [0, 0.05) is 30.0 Å². The van der Waals surface area contributed by atoms with Crippen LogP contribution in [0.5, 0.6) is 5.75 Å². The monoisotopic (exact) mass is 389 g/mol. The molecule has 1 aliphatic rings. The molecule has 2 nitrogen and oxygen atoms in total. The molecule has 0 fully saturated rings. The maximum absolute atomic E-state index is 8.34. The van der Waals surface area contributed by atoms with Crippen LogP contribution in [0.25, 0.3) is 6.08 Å². The summed E-state index contributed by atoms with van der Waals surface area (Å²) in [5.74, 6) is 0.991. The molecule has 0 atom stereocenters. The van der Waals surface area contributed by atoms with Crippen molar-refractivity contribution in [2.75, 3.05) is 6.61 Å². The summed E-state index contributed by atoms with van der Waals surface area (Å²) in [7, 11) is 0. The summed E-state index contributed by atoms with van der Waals surface area (Å²) >= 11 is 0.300.